The van der Waals surface area contributed by atoms with Crippen LogP contribution in [0.4, 0.5) is 0 Å². The van der Waals surface area contributed by atoms with E-state index in [1.165, 1.54) is 6.42 Å². The molecule has 6 heteroatoms. The molecule has 0 aliphatic carbocycles. The second-order valence-corrected chi connectivity index (χ2v) is 6.25. The van der Waals surface area contributed by atoms with Crippen LogP contribution in [-0.4, -0.2) is 85.4 Å². The van der Waals surface area contributed by atoms with E-state index in [9.17, 15) is 9.59 Å². The molecule has 2 unspecified atom stereocenters. The first-order valence-corrected chi connectivity index (χ1v) is 7.99. The highest BCUT2D eigenvalue weighted by Crippen LogP contribution is 2.16. The van der Waals surface area contributed by atoms with Gasteiger partial charge in [0, 0.05) is 46.8 Å². The molecule has 1 N–H and O–H groups in total. The van der Waals surface area contributed by atoms with E-state index in [0.717, 1.165) is 39.0 Å². The van der Waals surface area contributed by atoms with Gasteiger partial charge in [0.15, 0.2) is 0 Å². The van der Waals surface area contributed by atoms with E-state index >= 15 is 0 Å². The highest BCUT2D eigenvalue weighted by atomic mass is 16.2. The number of piperidine rings is 1. The molecule has 0 aromatic heterocycles. The molecule has 0 aromatic carbocycles. The summed E-state index contributed by atoms with van der Waals surface area (Å²) in [6, 6.07) is -0.461. The Balaban J connectivity index is 2.05. The average Bonchev–Trinajstić information content (AvgIpc) is 2.53. The molecule has 2 amide bonds. The number of carbonyl (C=O) groups excluding carboxylic acids is 2. The molecule has 2 saturated heterocycles. The molecular weight excluding hydrogens is 268 g/mol. The molecule has 0 aromatic rings. The van der Waals surface area contributed by atoms with Crippen molar-refractivity contribution >= 4 is 11.8 Å². The van der Waals surface area contributed by atoms with Crippen molar-refractivity contribution < 1.29 is 9.59 Å². The zero-order valence-electron chi connectivity index (χ0n) is 13.5. The van der Waals surface area contributed by atoms with E-state index in [4.69, 9.17) is 0 Å². The number of likely N-dealkylation sites (tertiary alicyclic amines) is 1. The molecule has 2 atom stereocenters. The van der Waals surface area contributed by atoms with Gasteiger partial charge in [-0.25, -0.2) is 0 Å². The molecule has 0 spiro atoms. The number of piperazine rings is 1. The summed E-state index contributed by atoms with van der Waals surface area (Å²) in [5.74, 6) is 0.244. The van der Waals surface area contributed by atoms with Crippen LogP contribution in [0.3, 0.4) is 0 Å². The Kier molecular flexibility index (Phi) is 5.58. The van der Waals surface area contributed by atoms with Crippen molar-refractivity contribution in [1.82, 2.24) is 20.0 Å². The van der Waals surface area contributed by atoms with Gasteiger partial charge in [0.2, 0.25) is 11.8 Å². The molecule has 2 aliphatic heterocycles. The molecule has 120 valence electrons. The normalized spacial score (nSPS) is 25.5. The van der Waals surface area contributed by atoms with E-state index in [0.29, 0.717) is 6.54 Å². The van der Waals surface area contributed by atoms with E-state index < -0.39 is 0 Å². The Morgan fingerprint density at radius 2 is 1.81 bits per heavy atom. The lowest BCUT2D eigenvalue weighted by Gasteiger charge is -2.41. The van der Waals surface area contributed by atoms with Crippen LogP contribution in [0, 0.1) is 0 Å². The van der Waals surface area contributed by atoms with Gasteiger partial charge in [-0.3, -0.25) is 14.5 Å². The fourth-order valence-corrected chi connectivity index (χ4v) is 3.23. The first kappa shape index (κ1) is 16.2. The van der Waals surface area contributed by atoms with Gasteiger partial charge in [0.1, 0.15) is 6.04 Å². The minimum atomic E-state index is -0.238. The van der Waals surface area contributed by atoms with Crippen LogP contribution in [0.15, 0.2) is 0 Å². The number of nitrogens with zero attached hydrogens (tertiary/aromatic N) is 3. The predicted octanol–water partition coefficient (Wildman–Crippen LogP) is -0.251. The maximum Gasteiger partial charge on any atom is 0.240 e. The molecule has 6 nitrogen and oxygen atoms in total. The zero-order chi connectivity index (χ0) is 15.4. The average molecular weight is 296 g/mol. The standard InChI is InChI=1S/C15H28N4O2/c1-12(14(20)18-8-5-4-6-9-18)19-10-7-16-11-13(19)15(21)17(2)3/h12-13,16H,4-11H2,1-3H3. The predicted molar refractivity (Wildman–Crippen MR) is 82.0 cm³/mol. The van der Waals surface area contributed by atoms with Crippen molar-refractivity contribution in [2.75, 3.05) is 46.8 Å². The minimum Gasteiger partial charge on any atom is -0.347 e. The molecule has 0 radical (unpaired) electrons. The summed E-state index contributed by atoms with van der Waals surface area (Å²) in [5.41, 5.74) is 0. The van der Waals surface area contributed by atoms with E-state index in [1.54, 1.807) is 19.0 Å². The van der Waals surface area contributed by atoms with E-state index in [2.05, 4.69) is 10.2 Å². The monoisotopic (exact) mass is 296 g/mol. The van der Waals surface area contributed by atoms with Crippen molar-refractivity contribution in [2.24, 2.45) is 0 Å². The smallest absolute Gasteiger partial charge is 0.240 e. The maximum absolute atomic E-state index is 12.7. The number of likely N-dealkylation sites (N-methyl/N-ethyl adjacent to an activating group) is 1. The third kappa shape index (κ3) is 3.74. The third-order valence-corrected chi connectivity index (χ3v) is 4.53. The fraction of sp³-hybridized carbons (Fsp3) is 0.867. The van der Waals surface area contributed by atoms with Crippen LogP contribution in [0.2, 0.25) is 0 Å². The van der Waals surface area contributed by atoms with E-state index in [-0.39, 0.29) is 23.9 Å². The Morgan fingerprint density at radius 3 is 2.43 bits per heavy atom. The van der Waals surface area contributed by atoms with Crippen LogP contribution in [0.5, 0.6) is 0 Å². The Morgan fingerprint density at radius 1 is 1.14 bits per heavy atom. The maximum atomic E-state index is 12.7. The van der Waals surface area contributed by atoms with Crippen LogP contribution < -0.4 is 5.32 Å². The van der Waals surface area contributed by atoms with Crippen molar-refractivity contribution in [3.05, 3.63) is 0 Å². The minimum absolute atomic E-state index is 0.0699. The molecular formula is C15H28N4O2. The summed E-state index contributed by atoms with van der Waals surface area (Å²) >= 11 is 0. The van der Waals surface area contributed by atoms with Gasteiger partial charge in [-0.05, 0) is 26.2 Å². The Hall–Kier alpha value is -1.14. The highest BCUT2D eigenvalue weighted by Gasteiger charge is 2.36. The summed E-state index contributed by atoms with van der Waals surface area (Å²) in [6.07, 6.45) is 3.41. The molecule has 2 fully saturated rings. The second kappa shape index (κ2) is 7.22. The van der Waals surface area contributed by atoms with Crippen molar-refractivity contribution in [3.8, 4) is 0 Å². The molecule has 2 rings (SSSR count). The number of amides is 2. The second-order valence-electron chi connectivity index (χ2n) is 6.25. The van der Waals surface area contributed by atoms with Gasteiger partial charge in [0.25, 0.3) is 0 Å². The first-order valence-electron chi connectivity index (χ1n) is 7.99. The molecule has 0 bridgehead atoms. The lowest BCUT2D eigenvalue weighted by atomic mass is 10.1. The Bertz CT molecular complexity index is 380. The molecule has 2 heterocycles. The summed E-state index contributed by atoms with van der Waals surface area (Å²) in [6.45, 7) is 5.86. The van der Waals surface area contributed by atoms with Crippen molar-refractivity contribution in [2.45, 2.75) is 38.3 Å². The number of hydrogen-bond acceptors (Lipinski definition) is 4. The zero-order valence-corrected chi connectivity index (χ0v) is 13.5. The fourth-order valence-electron chi connectivity index (χ4n) is 3.23. The van der Waals surface area contributed by atoms with Gasteiger partial charge in [-0.2, -0.15) is 0 Å². The Labute approximate surface area is 127 Å². The lowest BCUT2D eigenvalue weighted by molar-refractivity contribution is -0.143. The topological polar surface area (TPSA) is 55.9 Å². The molecule has 21 heavy (non-hydrogen) atoms. The van der Waals surface area contributed by atoms with Crippen LogP contribution in [0.25, 0.3) is 0 Å². The molecule has 2 aliphatic rings. The third-order valence-electron chi connectivity index (χ3n) is 4.53. The van der Waals surface area contributed by atoms with Gasteiger partial charge >= 0.3 is 0 Å². The quantitative estimate of drug-likeness (QED) is 0.780. The van der Waals surface area contributed by atoms with Crippen molar-refractivity contribution in [3.63, 3.8) is 0 Å². The summed E-state index contributed by atoms with van der Waals surface area (Å²) in [7, 11) is 3.54. The summed E-state index contributed by atoms with van der Waals surface area (Å²) < 4.78 is 0. The summed E-state index contributed by atoms with van der Waals surface area (Å²) in [4.78, 5) is 30.7. The SMILES string of the molecule is CC(C(=O)N1CCCCC1)N1CCNCC1C(=O)N(C)C. The van der Waals surface area contributed by atoms with Gasteiger partial charge in [-0.1, -0.05) is 0 Å². The van der Waals surface area contributed by atoms with Gasteiger partial charge in [0.05, 0.1) is 6.04 Å². The van der Waals surface area contributed by atoms with Gasteiger partial charge < -0.3 is 15.1 Å². The van der Waals surface area contributed by atoms with Crippen LogP contribution in [0.1, 0.15) is 26.2 Å². The number of hydrogen-bond donors (Lipinski definition) is 1. The largest absolute Gasteiger partial charge is 0.347 e. The first-order chi connectivity index (χ1) is 10.0. The van der Waals surface area contributed by atoms with Crippen LogP contribution >= 0.6 is 0 Å². The van der Waals surface area contributed by atoms with E-state index in [1.807, 2.05) is 11.8 Å². The number of nitrogens with one attached hydrogen (secondary N) is 1. The highest BCUT2D eigenvalue weighted by molar-refractivity contribution is 5.85. The molecule has 0 saturated carbocycles. The van der Waals surface area contributed by atoms with Crippen molar-refractivity contribution in [1.29, 1.82) is 0 Å². The number of rotatable bonds is 3. The number of carbonyl (C=O) groups is 2. The van der Waals surface area contributed by atoms with Crippen LogP contribution in [-0.2, 0) is 9.59 Å². The lowest BCUT2D eigenvalue weighted by Crippen LogP contribution is -2.62. The van der Waals surface area contributed by atoms with Gasteiger partial charge in [-0.15, -0.1) is 0 Å². The summed E-state index contributed by atoms with van der Waals surface area (Å²) in [5, 5.41) is 3.26.